The van der Waals surface area contributed by atoms with E-state index >= 15 is 0 Å². The third-order valence-electron chi connectivity index (χ3n) is 4.47. The van der Waals surface area contributed by atoms with Crippen LogP contribution in [0, 0.1) is 5.92 Å². The molecule has 0 aliphatic carbocycles. The minimum atomic E-state index is 0.115. The SMILES string of the molecule is C[C@@H](NC(=O)C1SCCS1)[C@@H]1CCN(Cc2ccccc2)C1. The Morgan fingerprint density at radius 1 is 1.32 bits per heavy atom. The van der Waals surface area contributed by atoms with Crippen molar-refractivity contribution in [2.75, 3.05) is 24.6 Å². The van der Waals surface area contributed by atoms with E-state index in [0.29, 0.717) is 5.92 Å². The van der Waals surface area contributed by atoms with Crippen LogP contribution in [0.2, 0.25) is 0 Å². The zero-order chi connectivity index (χ0) is 15.4. The van der Waals surface area contributed by atoms with Gasteiger partial charge in [-0.15, -0.1) is 23.5 Å². The summed E-state index contributed by atoms with van der Waals surface area (Å²) in [5.74, 6) is 3.00. The number of carbonyl (C=O) groups is 1. The van der Waals surface area contributed by atoms with Gasteiger partial charge in [0.2, 0.25) is 5.91 Å². The van der Waals surface area contributed by atoms with Gasteiger partial charge in [-0.25, -0.2) is 0 Å². The minimum absolute atomic E-state index is 0.115. The quantitative estimate of drug-likeness (QED) is 0.896. The standard InChI is InChI=1S/C17H24N2OS2/c1-13(18-16(20)17-21-9-10-22-17)15-7-8-19(12-15)11-14-5-3-2-4-6-14/h2-6,13,15,17H,7-12H2,1H3,(H,18,20)/t13-,15-/m1/s1. The Morgan fingerprint density at radius 2 is 2.05 bits per heavy atom. The lowest BCUT2D eigenvalue weighted by molar-refractivity contribution is -0.120. The number of thioether (sulfide) groups is 2. The van der Waals surface area contributed by atoms with Crippen molar-refractivity contribution in [1.82, 2.24) is 10.2 Å². The summed E-state index contributed by atoms with van der Waals surface area (Å²) in [6, 6.07) is 10.9. The lowest BCUT2D eigenvalue weighted by Gasteiger charge is -2.23. The molecule has 2 aliphatic heterocycles. The van der Waals surface area contributed by atoms with Crippen molar-refractivity contribution in [2.24, 2.45) is 5.92 Å². The van der Waals surface area contributed by atoms with Crippen molar-refractivity contribution in [3.63, 3.8) is 0 Å². The molecule has 0 spiro atoms. The monoisotopic (exact) mass is 336 g/mol. The number of nitrogens with zero attached hydrogens (tertiary/aromatic N) is 1. The number of hydrogen-bond donors (Lipinski definition) is 1. The molecule has 1 N–H and O–H groups in total. The van der Waals surface area contributed by atoms with E-state index in [-0.39, 0.29) is 16.5 Å². The van der Waals surface area contributed by atoms with E-state index in [1.54, 1.807) is 23.5 Å². The third-order valence-corrected chi connectivity index (χ3v) is 7.46. The van der Waals surface area contributed by atoms with Crippen molar-refractivity contribution in [3.05, 3.63) is 35.9 Å². The van der Waals surface area contributed by atoms with Gasteiger partial charge >= 0.3 is 0 Å². The highest BCUT2D eigenvalue weighted by Gasteiger charge is 2.30. The number of likely N-dealkylation sites (tertiary alicyclic amines) is 1. The molecular formula is C17H24N2OS2. The van der Waals surface area contributed by atoms with Crippen LogP contribution in [-0.2, 0) is 11.3 Å². The molecule has 2 saturated heterocycles. The molecule has 2 aliphatic rings. The first-order valence-electron chi connectivity index (χ1n) is 8.02. The first kappa shape index (κ1) is 16.2. The number of nitrogens with one attached hydrogen (secondary N) is 1. The van der Waals surface area contributed by atoms with Crippen molar-refractivity contribution < 1.29 is 4.79 Å². The molecule has 3 nitrogen and oxygen atoms in total. The van der Waals surface area contributed by atoms with E-state index in [9.17, 15) is 4.79 Å². The summed E-state index contributed by atoms with van der Waals surface area (Å²) in [4.78, 5) is 14.7. The Balaban J connectivity index is 1.46. The summed E-state index contributed by atoms with van der Waals surface area (Å²) >= 11 is 3.56. The normalized spacial score (nSPS) is 24.5. The highest BCUT2D eigenvalue weighted by molar-refractivity contribution is 8.21. The van der Waals surface area contributed by atoms with E-state index in [1.165, 1.54) is 12.0 Å². The molecule has 0 radical (unpaired) electrons. The molecule has 3 rings (SSSR count). The Labute approximate surface area is 141 Å². The fourth-order valence-corrected chi connectivity index (χ4v) is 5.78. The molecular weight excluding hydrogens is 312 g/mol. The summed E-state index contributed by atoms with van der Waals surface area (Å²) in [7, 11) is 0. The molecule has 0 saturated carbocycles. The number of hydrogen-bond acceptors (Lipinski definition) is 4. The average Bonchev–Trinajstić information content (AvgIpc) is 3.19. The molecule has 0 unspecified atom stereocenters. The lowest BCUT2D eigenvalue weighted by Crippen LogP contribution is -2.42. The zero-order valence-electron chi connectivity index (χ0n) is 13.0. The van der Waals surface area contributed by atoms with Crippen LogP contribution in [0.25, 0.3) is 0 Å². The Morgan fingerprint density at radius 3 is 2.77 bits per heavy atom. The van der Waals surface area contributed by atoms with Gasteiger partial charge in [-0.3, -0.25) is 9.69 Å². The Hall–Kier alpha value is -0.650. The van der Waals surface area contributed by atoms with Crippen LogP contribution in [0.15, 0.2) is 30.3 Å². The largest absolute Gasteiger partial charge is 0.352 e. The van der Waals surface area contributed by atoms with Gasteiger partial charge in [0.1, 0.15) is 4.58 Å². The summed E-state index contributed by atoms with van der Waals surface area (Å²) in [5, 5.41) is 3.24. The van der Waals surface area contributed by atoms with Gasteiger partial charge in [-0.1, -0.05) is 30.3 Å². The van der Waals surface area contributed by atoms with Crippen LogP contribution >= 0.6 is 23.5 Å². The Bertz CT molecular complexity index is 491. The summed E-state index contributed by atoms with van der Waals surface area (Å²) in [6.07, 6.45) is 1.18. The second-order valence-corrected chi connectivity index (χ2v) is 8.86. The maximum absolute atomic E-state index is 12.2. The van der Waals surface area contributed by atoms with Crippen LogP contribution in [0.3, 0.4) is 0 Å². The Kier molecular flexibility index (Phi) is 5.71. The van der Waals surface area contributed by atoms with Gasteiger partial charge in [-0.2, -0.15) is 0 Å². The van der Waals surface area contributed by atoms with E-state index in [4.69, 9.17) is 0 Å². The van der Waals surface area contributed by atoms with E-state index < -0.39 is 0 Å². The molecule has 1 amide bonds. The zero-order valence-corrected chi connectivity index (χ0v) is 14.7. The van der Waals surface area contributed by atoms with Gasteiger partial charge < -0.3 is 5.32 Å². The maximum Gasteiger partial charge on any atom is 0.243 e. The highest BCUT2D eigenvalue weighted by Crippen LogP contribution is 2.32. The number of amides is 1. The molecule has 0 bridgehead atoms. The van der Waals surface area contributed by atoms with Crippen molar-refractivity contribution in [2.45, 2.75) is 30.5 Å². The van der Waals surface area contributed by atoms with E-state index in [1.807, 2.05) is 0 Å². The number of benzene rings is 1. The summed E-state index contributed by atoms with van der Waals surface area (Å²) < 4.78 is 0.115. The van der Waals surface area contributed by atoms with E-state index in [2.05, 4.69) is 47.5 Å². The molecule has 22 heavy (non-hydrogen) atoms. The molecule has 2 atom stereocenters. The predicted molar refractivity (Wildman–Crippen MR) is 96.1 cm³/mol. The molecule has 1 aromatic carbocycles. The predicted octanol–water partition coefficient (Wildman–Crippen LogP) is 2.82. The molecule has 5 heteroatoms. The van der Waals surface area contributed by atoms with Gasteiger partial charge in [0.05, 0.1) is 0 Å². The molecule has 0 aromatic heterocycles. The smallest absolute Gasteiger partial charge is 0.243 e. The molecule has 2 fully saturated rings. The van der Waals surface area contributed by atoms with Crippen LogP contribution in [0.1, 0.15) is 18.9 Å². The maximum atomic E-state index is 12.2. The van der Waals surface area contributed by atoms with Crippen LogP contribution in [-0.4, -0.2) is 46.0 Å². The first-order chi connectivity index (χ1) is 10.7. The van der Waals surface area contributed by atoms with Crippen LogP contribution in [0.4, 0.5) is 0 Å². The summed E-state index contributed by atoms with van der Waals surface area (Å²) in [5.41, 5.74) is 1.37. The molecule has 120 valence electrons. The number of carbonyl (C=O) groups excluding carboxylic acids is 1. The summed E-state index contributed by atoms with van der Waals surface area (Å²) in [6.45, 7) is 5.40. The van der Waals surface area contributed by atoms with Gasteiger partial charge in [0, 0.05) is 30.6 Å². The van der Waals surface area contributed by atoms with Crippen molar-refractivity contribution >= 4 is 29.4 Å². The van der Waals surface area contributed by atoms with Gasteiger partial charge in [0.15, 0.2) is 0 Å². The van der Waals surface area contributed by atoms with Crippen molar-refractivity contribution in [1.29, 1.82) is 0 Å². The average molecular weight is 337 g/mol. The third kappa shape index (κ3) is 4.21. The van der Waals surface area contributed by atoms with E-state index in [0.717, 1.165) is 31.1 Å². The fourth-order valence-electron chi connectivity index (χ4n) is 3.18. The first-order valence-corrected chi connectivity index (χ1v) is 10.1. The minimum Gasteiger partial charge on any atom is -0.352 e. The van der Waals surface area contributed by atoms with Gasteiger partial charge in [-0.05, 0) is 31.4 Å². The second kappa shape index (κ2) is 7.75. The van der Waals surface area contributed by atoms with Gasteiger partial charge in [0.25, 0.3) is 0 Å². The van der Waals surface area contributed by atoms with Crippen LogP contribution in [0.5, 0.6) is 0 Å². The fraction of sp³-hybridized carbons (Fsp3) is 0.588. The highest BCUT2D eigenvalue weighted by atomic mass is 32.2. The second-order valence-electron chi connectivity index (χ2n) is 6.14. The lowest BCUT2D eigenvalue weighted by atomic mass is 10.0. The molecule has 1 aromatic rings. The number of rotatable bonds is 5. The van der Waals surface area contributed by atoms with Crippen LogP contribution < -0.4 is 5.32 Å². The molecule has 2 heterocycles. The topological polar surface area (TPSA) is 32.3 Å². The van der Waals surface area contributed by atoms with Crippen molar-refractivity contribution in [3.8, 4) is 0 Å².